The lowest BCUT2D eigenvalue weighted by molar-refractivity contribution is -0.306. The van der Waals surface area contributed by atoms with Gasteiger partial charge in [-0.05, 0) is 112 Å². The molecule has 0 aromatic heterocycles. The van der Waals surface area contributed by atoms with E-state index < -0.39 is 108 Å². The first kappa shape index (κ1) is 62.9. The molecule has 0 aromatic carbocycles. The van der Waals surface area contributed by atoms with Crippen molar-refractivity contribution in [2.24, 2.45) is 41.4 Å². The van der Waals surface area contributed by atoms with Crippen LogP contribution in [0.5, 0.6) is 0 Å². The van der Waals surface area contributed by atoms with Crippen molar-refractivity contribution >= 4 is 41.2 Å². The standard InChI is InChI=1S/C55H86N4O16/c1-32-18-14-13-15-19-33(2)43(59(70)54(67)56(8)9)30-40-23-21-38(7)55(68,74-40)50(63)51(64)58-25-17-16-20-42(58)53(66)73-45(35(4)28-39-22-24-41(46(29-39)71-11)52(65)75-57(10)69)31-44(60)34(3)27-37(6)48(62)49(72-12)47(61)36(5)26-32/h13-15,18-19,27,32,34-36,38-43,45-46,48-49,62,68-70H,16-17,20-26,28-31H2,1-12H3/b15-13+,18-14-,33-19+,37-27+/t32-,34-,35-,36-,38-,39+,40+,41-,42+,43+,45+,46-,48-,49+,55-/m1/s1. The molecule has 3 fully saturated rings. The van der Waals surface area contributed by atoms with Gasteiger partial charge in [-0.3, -0.25) is 29.6 Å². The number of cyclic esters (lactones) is 1. The summed E-state index contributed by atoms with van der Waals surface area (Å²) in [5, 5.41) is 45.4. The number of hydrogen-bond acceptors (Lipinski definition) is 17. The number of Topliss-reactive ketones (excluding diaryl/α,β-unsaturated/α-hetero) is 3. The van der Waals surface area contributed by atoms with E-state index in [-0.39, 0.29) is 55.6 Å². The Morgan fingerprint density at radius 1 is 0.880 bits per heavy atom. The van der Waals surface area contributed by atoms with E-state index in [0.29, 0.717) is 72.8 Å². The maximum Gasteiger partial charge on any atom is 0.343 e. The summed E-state index contributed by atoms with van der Waals surface area (Å²) >= 11 is 0. The quantitative estimate of drug-likeness (QED) is 0.0721. The molecule has 75 heavy (non-hydrogen) atoms. The highest BCUT2D eigenvalue weighted by atomic mass is 16.9. The minimum absolute atomic E-state index is 0.0134. The molecule has 3 heterocycles. The van der Waals surface area contributed by atoms with Crippen LogP contribution in [0.3, 0.4) is 0 Å². The third-order valence-corrected chi connectivity index (χ3v) is 15.7. The Labute approximate surface area is 442 Å². The first-order chi connectivity index (χ1) is 35.2. The maximum atomic E-state index is 14.6. The number of aliphatic hydroxyl groups excluding tert-OH is 1. The highest BCUT2D eigenvalue weighted by molar-refractivity contribution is 6.39. The van der Waals surface area contributed by atoms with Crippen molar-refractivity contribution < 1.29 is 78.0 Å². The van der Waals surface area contributed by atoms with E-state index in [4.69, 9.17) is 23.8 Å². The maximum absolute atomic E-state index is 14.6. The predicted octanol–water partition coefficient (Wildman–Crippen LogP) is 5.94. The molecule has 4 rings (SSSR count). The van der Waals surface area contributed by atoms with E-state index >= 15 is 0 Å². The van der Waals surface area contributed by atoms with E-state index in [1.807, 2.05) is 19.9 Å². The highest BCUT2D eigenvalue weighted by Crippen LogP contribution is 2.39. The largest absolute Gasteiger partial charge is 0.460 e. The van der Waals surface area contributed by atoms with Crippen molar-refractivity contribution in [1.29, 1.82) is 0 Å². The third kappa shape index (κ3) is 16.7. The van der Waals surface area contributed by atoms with E-state index in [0.717, 1.165) is 4.90 Å². The molecule has 0 spiro atoms. The molecule has 15 atom stereocenters. The summed E-state index contributed by atoms with van der Waals surface area (Å²) in [6, 6.07) is -2.98. The number of hydrogen-bond donors (Lipinski definition) is 4. The molecular weight excluding hydrogens is 973 g/mol. The fourth-order valence-corrected chi connectivity index (χ4v) is 11.0. The van der Waals surface area contributed by atoms with Gasteiger partial charge in [0.25, 0.3) is 11.7 Å². The zero-order valence-electron chi connectivity index (χ0n) is 46.2. The molecule has 2 saturated heterocycles. The summed E-state index contributed by atoms with van der Waals surface area (Å²) in [4.78, 5) is 105. The lowest BCUT2D eigenvalue weighted by Crippen LogP contribution is -2.61. The molecule has 422 valence electrons. The monoisotopic (exact) mass is 1060 g/mol. The number of aliphatic hydroxyl groups is 2. The van der Waals surface area contributed by atoms with Gasteiger partial charge in [-0.1, -0.05) is 71.1 Å². The fraction of sp³-hybridized carbons (Fsp3) is 0.727. The number of nitrogens with zero attached hydrogens (tertiary/aromatic N) is 4. The summed E-state index contributed by atoms with van der Waals surface area (Å²) in [5.41, 5.74) is 0.862. The number of carbonyl (C=O) groups is 7. The van der Waals surface area contributed by atoms with Crippen LogP contribution in [0, 0.1) is 41.4 Å². The average molecular weight is 1060 g/mol. The van der Waals surface area contributed by atoms with E-state index in [1.165, 1.54) is 40.3 Å². The Morgan fingerprint density at radius 2 is 1.57 bits per heavy atom. The van der Waals surface area contributed by atoms with Crippen LogP contribution in [-0.2, 0) is 52.6 Å². The molecule has 3 aliphatic heterocycles. The van der Waals surface area contributed by atoms with Crippen LogP contribution in [0.2, 0.25) is 0 Å². The van der Waals surface area contributed by atoms with Gasteiger partial charge in [-0.2, -0.15) is 5.06 Å². The van der Waals surface area contributed by atoms with Gasteiger partial charge in [-0.15, -0.1) is 0 Å². The molecule has 1 saturated carbocycles. The SMILES string of the molecule is CO[C@@H]1C[C@H](C[C@@H](C)[C@@H]2CC(=O)[C@H](C)/C=C(\C)[C@@H](O)[C@@H](OC)C(=O)[C@H](C)C[C@H](C)\C=C/C=C/C=C(\C)[C@@H](N(O)C(=O)N(C)C)C[C@@H]3CC[C@@H](C)[C@@](O)(O3)C(=O)C(=O)N3CCCC[C@H]3C(=O)O2)CC[C@H]1C(=O)ON(C)O. The number of ketones is 3. The van der Waals surface area contributed by atoms with Crippen LogP contribution >= 0.6 is 0 Å². The summed E-state index contributed by atoms with van der Waals surface area (Å²) in [5.74, 6) is -10.7. The second-order valence-electron chi connectivity index (χ2n) is 21.8. The van der Waals surface area contributed by atoms with Gasteiger partial charge in [0.2, 0.25) is 5.79 Å². The molecule has 4 aliphatic rings. The van der Waals surface area contributed by atoms with Gasteiger partial charge in [0.15, 0.2) is 5.78 Å². The Morgan fingerprint density at radius 3 is 2.21 bits per heavy atom. The third-order valence-electron chi connectivity index (χ3n) is 15.7. The molecule has 0 radical (unpaired) electrons. The van der Waals surface area contributed by atoms with Crippen molar-refractivity contribution in [2.45, 2.75) is 174 Å². The smallest absolute Gasteiger partial charge is 0.343 e. The average Bonchev–Trinajstić information content (AvgIpc) is 3.36. The highest BCUT2D eigenvalue weighted by Gasteiger charge is 2.53. The zero-order chi connectivity index (χ0) is 56.1. The van der Waals surface area contributed by atoms with Crippen molar-refractivity contribution in [3.8, 4) is 0 Å². The molecule has 0 aromatic rings. The van der Waals surface area contributed by atoms with Gasteiger partial charge in [-0.25, -0.2) is 14.4 Å². The molecule has 0 unspecified atom stereocenters. The van der Waals surface area contributed by atoms with Crippen LogP contribution in [0.4, 0.5) is 4.79 Å². The number of carbonyl (C=O) groups excluding carboxylic acids is 7. The van der Waals surface area contributed by atoms with Gasteiger partial charge >= 0.3 is 18.0 Å². The second kappa shape index (κ2) is 28.6. The molecule has 20 nitrogen and oxygen atoms in total. The Bertz CT molecular complexity index is 2120. The molecule has 3 amide bonds. The Balaban J connectivity index is 1.75. The normalized spacial score (nSPS) is 36.5. The molecular formula is C55H86N4O16. The Hall–Kier alpha value is -4.67. The predicted molar refractivity (Wildman–Crippen MR) is 274 cm³/mol. The number of piperidine rings is 1. The van der Waals surface area contributed by atoms with E-state index in [1.54, 1.807) is 65.0 Å². The number of amides is 3. The lowest BCUT2D eigenvalue weighted by Gasteiger charge is -2.43. The first-order valence-electron chi connectivity index (χ1n) is 26.6. The first-order valence-corrected chi connectivity index (χ1v) is 26.6. The van der Waals surface area contributed by atoms with Gasteiger partial charge in [0.05, 0.1) is 31.2 Å². The summed E-state index contributed by atoms with van der Waals surface area (Å²) in [7, 11) is 6.96. The van der Waals surface area contributed by atoms with Crippen LogP contribution < -0.4 is 0 Å². The number of hydroxylamine groups is 4. The Kier molecular flexibility index (Phi) is 24.0. The molecule has 4 N–H and O–H groups in total. The van der Waals surface area contributed by atoms with E-state index in [2.05, 4.69) is 0 Å². The second-order valence-corrected chi connectivity index (χ2v) is 21.8. The van der Waals surface area contributed by atoms with Crippen molar-refractivity contribution in [3.63, 3.8) is 0 Å². The summed E-state index contributed by atoms with van der Waals surface area (Å²) in [6.45, 7) is 12.1. The number of urea groups is 1. The molecule has 2 bridgehead atoms. The van der Waals surface area contributed by atoms with Gasteiger partial charge in [0, 0.05) is 65.5 Å². The lowest BCUT2D eigenvalue weighted by atomic mass is 9.75. The minimum atomic E-state index is -2.63. The number of esters is 1. The number of ether oxygens (including phenoxy) is 4. The zero-order valence-corrected chi connectivity index (χ0v) is 46.2. The summed E-state index contributed by atoms with van der Waals surface area (Å²) < 4.78 is 23.7. The number of methoxy groups -OCH3 is 2. The summed E-state index contributed by atoms with van der Waals surface area (Å²) in [6.07, 6.45) is 8.81. The molecule has 20 heteroatoms. The minimum Gasteiger partial charge on any atom is -0.460 e. The number of allylic oxidation sites excluding steroid dienone is 6. The van der Waals surface area contributed by atoms with Gasteiger partial charge < -0.3 is 43.8 Å². The number of rotatable bonds is 8. The van der Waals surface area contributed by atoms with Crippen molar-refractivity contribution in [3.05, 3.63) is 47.6 Å². The van der Waals surface area contributed by atoms with Crippen LogP contribution in [0.1, 0.15) is 126 Å². The fourth-order valence-electron chi connectivity index (χ4n) is 11.0. The van der Waals surface area contributed by atoms with Crippen LogP contribution in [0.15, 0.2) is 47.6 Å². The van der Waals surface area contributed by atoms with Crippen molar-refractivity contribution in [1.82, 2.24) is 20.1 Å². The van der Waals surface area contributed by atoms with Crippen LogP contribution in [-0.4, -0.2) is 172 Å². The van der Waals surface area contributed by atoms with Crippen molar-refractivity contribution in [2.75, 3.05) is 41.9 Å². The number of fused-ring (bicyclic) bond motifs is 3. The topological polar surface area (TPSA) is 260 Å². The van der Waals surface area contributed by atoms with Crippen LogP contribution in [0.25, 0.3) is 0 Å². The van der Waals surface area contributed by atoms with E-state index in [9.17, 15) is 54.2 Å². The van der Waals surface area contributed by atoms with Gasteiger partial charge in [0.1, 0.15) is 30.1 Å². The molecule has 1 aliphatic carbocycles.